The number of anilines is 2. The normalized spacial score (nSPS) is 14.4. The first-order chi connectivity index (χ1) is 29.5. The Morgan fingerprint density at radius 1 is 0.823 bits per heavy atom. The van der Waals surface area contributed by atoms with E-state index < -0.39 is 5.92 Å². The van der Waals surface area contributed by atoms with E-state index in [1.165, 1.54) is 20.3 Å². The molecule has 326 valence electrons. The number of aryl methyl sites for hydroxylation is 3. The molecule has 0 aromatic heterocycles. The number of nitrogens with one attached hydrogen (secondary N) is 1. The summed E-state index contributed by atoms with van der Waals surface area (Å²) in [6.07, 6.45) is 8.91. The minimum absolute atomic E-state index is 0.136. The molecule has 5 amide bonds. The van der Waals surface area contributed by atoms with Gasteiger partial charge in [-0.25, -0.2) is 14.5 Å². The van der Waals surface area contributed by atoms with E-state index in [1.807, 2.05) is 94.3 Å². The number of imide groups is 1. The van der Waals surface area contributed by atoms with Crippen LogP contribution in [0.1, 0.15) is 51.8 Å². The lowest BCUT2D eigenvalue weighted by atomic mass is 9.87. The van der Waals surface area contributed by atoms with Gasteiger partial charge < -0.3 is 15.0 Å². The first-order valence-corrected chi connectivity index (χ1v) is 20.3. The summed E-state index contributed by atoms with van der Waals surface area (Å²) in [6, 6.07) is 30.3. The summed E-state index contributed by atoms with van der Waals surface area (Å²) in [4.78, 5) is 56.1. The van der Waals surface area contributed by atoms with Gasteiger partial charge in [0.25, 0.3) is 0 Å². The van der Waals surface area contributed by atoms with Crippen LogP contribution in [-0.4, -0.2) is 101 Å². The second-order valence-electron chi connectivity index (χ2n) is 15.6. The van der Waals surface area contributed by atoms with E-state index in [0.717, 1.165) is 40.9 Å². The molecule has 0 saturated carbocycles. The van der Waals surface area contributed by atoms with Gasteiger partial charge in [-0.1, -0.05) is 48.9 Å². The van der Waals surface area contributed by atoms with Crippen LogP contribution in [0, 0.1) is 68.1 Å². The Balaban J connectivity index is 0.000000617. The third-order valence-electron chi connectivity index (χ3n) is 10.1. The van der Waals surface area contributed by atoms with Crippen LogP contribution in [0.4, 0.5) is 21.0 Å². The number of nitrogens with zero attached hydrogens (tertiary/aromatic N) is 7. The van der Waals surface area contributed by atoms with Crippen molar-refractivity contribution in [2.75, 3.05) is 71.3 Å². The molecule has 0 spiro atoms. The molecule has 0 bridgehead atoms. The zero-order chi connectivity index (χ0) is 46.7. The summed E-state index contributed by atoms with van der Waals surface area (Å²) >= 11 is 5.88. The number of nitriles is 2. The number of rotatable bonds is 10. The molecule has 4 aromatic carbocycles. The highest BCUT2D eigenvalue weighted by molar-refractivity contribution is 6.31. The second kappa shape index (κ2) is 25.3. The lowest BCUT2D eigenvalue weighted by molar-refractivity contribution is -0.121. The lowest BCUT2D eigenvalue weighted by Crippen LogP contribution is -2.47. The number of urea groups is 2. The molecule has 1 fully saturated rings. The molecule has 0 radical (unpaired) electrons. The summed E-state index contributed by atoms with van der Waals surface area (Å²) in [7, 11) is 8.72. The molecule has 12 nitrogen and oxygen atoms in total. The van der Waals surface area contributed by atoms with Gasteiger partial charge >= 0.3 is 12.1 Å². The van der Waals surface area contributed by atoms with E-state index in [0.29, 0.717) is 47.5 Å². The quantitative estimate of drug-likeness (QED) is 0.158. The maximum atomic E-state index is 14.4. The highest BCUT2D eigenvalue weighted by Crippen LogP contribution is 2.36. The highest BCUT2D eigenvalue weighted by atomic mass is 35.5. The van der Waals surface area contributed by atoms with Gasteiger partial charge in [0.05, 0.1) is 41.5 Å². The molecule has 0 unspecified atom stereocenters. The Kier molecular flexibility index (Phi) is 21.1. The second-order valence-corrected chi connectivity index (χ2v) is 16.0. The number of hydrogen-bond acceptors (Lipinski definition) is 8. The number of terminal acetylenes is 1. The highest BCUT2D eigenvalue weighted by Gasteiger charge is 2.43. The van der Waals surface area contributed by atoms with Gasteiger partial charge in [-0.2, -0.15) is 10.5 Å². The van der Waals surface area contributed by atoms with Crippen LogP contribution in [-0.2, 0) is 16.0 Å². The summed E-state index contributed by atoms with van der Waals surface area (Å²) in [5.74, 6) is -0.414. The molecule has 0 aliphatic carbocycles. The number of carbonyl (C=O) groups is 4. The topological polar surface area (TPSA) is 144 Å². The van der Waals surface area contributed by atoms with Crippen LogP contribution < -0.4 is 15.1 Å². The molecule has 1 aliphatic rings. The largest absolute Gasteiger partial charge is 0.341 e. The van der Waals surface area contributed by atoms with Crippen LogP contribution in [0.3, 0.4) is 0 Å². The fourth-order valence-corrected chi connectivity index (χ4v) is 7.76. The molecule has 5 rings (SSSR count). The third-order valence-corrected chi connectivity index (χ3v) is 10.3. The standard InChI is InChI=1S/C36H42N6O2.C10H13ClN2O.C2H2.CH2O/c1-25-15-26(2)18-32(17-25)42(36(44)39(4)5)35(43)34-23-41(22-33(34)31-13-11-30(20-38)12-14-31)24-40(6)21-27(3)16-28-7-9-29(19-37)10-8-28;1-7-4-8(11)6-9(5-7)13(3)10(14)12-2;2*1-2/h7-15,17-18,27,33-34H,16,21-24H2,1-6H3;4-6H,1-3H3,(H,12,14);1-2H;1H2/t27-,33+,34+;;;/m1.../s1. The number of benzene rings is 4. The van der Waals surface area contributed by atoms with E-state index in [9.17, 15) is 19.6 Å². The van der Waals surface area contributed by atoms with Crippen LogP contribution in [0.15, 0.2) is 84.9 Å². The Bertz CT molecular complexity index is 2170. The molecule has 4 aromatic rings. The van der Waals surface area contributed by atoms with Crippen molar-refractivity contribution in [3.63, 3.8) is 0 Å². The lowest BCUT2D eigenvalue weighted by Gasteiger charge is -2.29. The molecule has 1 N–H and O–H groups in total. The average molecular weight is 860 g/mol. The van der Waals surface area contributed by atoms with E-state index in [4.69, 9.17) is 21.7 Å². The molecule has 62 heavy (non-hydrogen) atoms. The van der Waals surface area contributed by atoms with Crippen molar-refractivity contribution in [1.29, 1.82) is 10.5 Å². The molecule has 3 atom stereocenters. The molecular formula is C49H59ClN8O4. The van der Waals surface area contributed by atoms with Crippen LogP contribution in [0.5, 0.6) is 0 Å². The fraction of sp³-hybridized carbons (Fsp3) is 0.347. The summed E-state index contributed by atoms with van der Waals surface area (Å²) in [6.45, 7) is 12.8. The van der Waals surface area contributed by atoms with Crippen molar-refractivity contribution in [2.45, 2.75) is 40.0 Å². The van der Waals surface area contributed by atoms with Gasteiger partial charge in [0.15, 0.2) is 0 Å². The number of halogens is 1. The van der Waals surface area contributed by atoms with Crippen molar-refractivity contribution in [3.8, 4) is 25.0 Å². The SMILES string of the molecule is C#C.C=O.CNC(=O)N(C)c1cc(C)cc(Cl)c1.Cc1cc(C)cc(N(C(=O)[C@H]2CN(CN(C)C[C@H](C)Cc3ccc(C#N)cc3)C[C@H]2c2ccc(C#N)cc2)C(=O)N(C)C)c1. The molecule has 1 saturated heterocycles. The number of likely N-dealkylation sites (tertiary alicyclic amines) is 1. The minimum Gasteiger partial charge on any atom is -0.341 e. The van der Waals surface area contributed by atoms with E-state index in [-0.39, 0.29) is 23.9 Å². The maximum absolute atomic E-state index is 14.4. The zero-order valence-electron chi connectivity index (χ0n) is 37.4. The number of hydrogen-bond donors (Lipinski definition) is 1. The van der Waals surface area contributed by atoms with Crippen LogP contribution >= 0.6 is 11.6 Å². The summed E-state index contributed by atoms with van der Waals surface area (Å²) in [5, 5.41) is 21.6. The van der Waals surface area contributed by atoms with Crippen molar-refractivity contribution < 1.29 is 19.2 Å². The Morgan fingerprint density at radius 3 is 1.84 bits per heavy atom. The van der Waals surface area contributed by atoms with Gasteiger partial charge in [-0.15, -0.1) is 12.8 Å². The Morgan fingerprint density at radius 2 is 1.34 bits per heavy atom. The third kappa shape index (κ3) is 14.9. The zero-order valence-corrected chi connectivity index (χ0v) is 38.1. The molecular weight excluding hydrogens is 800 g/mol. The van der Waals surface area contributed by atoms with Crippen LogP contribution in [0.25, 0.3) is 0 Å². The van der Waals surface area contributed by atoms with Crippen molar-refractivity contribution >= 4 is 47.7 Å². The van der Waals surface area contributed by atoms with E-state index >= 15 is 0 Å². The van der Waals surface area contributed by atoms with Crippen LogP contribution in [0.2, 0.25) is 5.02 Å². The molecule has 1 aliphatic heterocycles. The Labute approximate surface area is 373 Å². The predicted molar refractivity (Wildman–Crippen MR) is 249 cm³/mol. The van der Waals surface area contributed by atoms with Gasteiger partial charge in [0.2, 0.25) is 5.91 Å². The molecule has 13 heteroatoms. The number of amides is 5. The van der Waals surface area contributed by atoms with Gasteiger partial charge in [0, 0.05) is 64.5 Å². The van der Waals surface area contributed by atoms with Crippen molar-refractivity contribution in [2.24, 2.45) is 11.8 Å². The van der Waals surface area contributed by atoms with E-state index in [2.05, 4.69) is 54.1 Å². The number of carbonyl (C=O) groups excluding carboxylic acids is 4. The van der Waals surface area contributed by atoms with Gasteiger partial charge in [-0.05, 0) is 123 Å². The first-order valence-electron chi connectivity index (χ1n) is 19.9. The average Bonchev–Trinajstić information content (AvgIpc) is 3.67. The minimum atomic E-state index is -0.447. The summed E-state index contributed by atoms with van der Waals surface area (Å²) < 4.78 is 0. The monoisotopic (exact) mass is 858 g/mol. The maximum Gasteiger partial charge on any atom is 0.330 e. The van der Waals surface area contributed by atoms with Crippen molar-refractivity contribution in [3.05, 3.63) is 129 Å². The van der Waals surface area contributed by atoms with E-state index in [1.54, 1.807) is 46.4 Å². The predicted octanol–water partition coefficient (Wildman–Crippen LogP) is 8.03. The Hall–Kier alpha value is -6.49. The van der Waals surface area contributed by atoms with Gasteiger partial charge in [0.1, 0.15) is 6.79 Å². The fourth-order valence-electron chi connectivity index (χ4n) is 7.48. The molecule has 1 heterocycles. The van der Waals surface area contributed by atoms with Crippen molar-refractivity contribution in [1.82, 2.24) is 20.0 Å². The summed E-state index contributed by atoms with van der Waals surface area (Å²) in [5.41, 5.74) is 7.79. The van der Waals surface area contributed by atoms with Gasteiger partial charge in [-0.3, -0.25) is 19.5 Å². The first kappa shape index (κ1) is 51.7. The smallest absolute Gasteiger partial charge is 0.330 e.